The van der Waals surface area contributed by atoms with Crippen LogP contribution in [-0.4, -0.2) is 36.2 Å². The summed E-state index contributed by atoms with van der Waals surface area (Å²) in [4.78, 5) is 16.7. The lowest BCUT2D eigenvalue weighted by Crippen LogP contribution is -2.57. The van der Waals surface area contributed by atoms with Crippen molar-refractivity contribution in [3.05, 3.63) is 29.3 Å². The molecule has 0 aliphatic carbocycles. The molecule has 1 aromatic carbocycles. The second kappa shape index (κ2) is 6.09. The minimum atomic E-state index is -0.772. The zero-order chi connectivity index (χ0) is 14.7. The van der Waals surface area contributed by atoms with Gasteiger partial charge in [0.25, 0.3) is 0 Å². The monoisotopic (exact) mass is 305 g/mol. The topological polar surface area (TPSA) is 77.2 Å². The van der Waals surface area contributed by atoms with Crippen LogP contribution in [0, 0.1) is 0 Å². The summed E-state index contributed by atoms with van der Waals surface area (Å²) in [6.07, 6.45) is 1.90. The van der Waals surface area contributed by atoms with E-state index < -0.39 is 5.54 Å². The van der Waals surface area contributed by atoms with Gasteiger partial charge < -0.3 is 15.8 Å². The number of rotatable bonds is 4. The van der Waals surface area contributed by atoms with Crippen LogP contribution in [0.15, 0.2) is 24.3 Å². The largest absolute Gasteiger partial charge is 0.381 e. The van der Waals surface area contributed by atoms with Crippen LogP contribution in [0.1, 0.15) is 17.8 Å². The minimum absolute atomic E-state index is 0.0769. The number of amides is 1. The first-order valence-corrected chi connectivity index (χ1v) is 7.98. The van der Waals surface area contributed by atoms with E-state index in [1.165, 1.54) is 4.70 Å². The number of carbonyl (C=O) groups is 1. The van der Waals surface area contributed by atoms with Gasteiger partial charge in [0.2, 0.25) is 5.91 Å². The molecule has 0 atom stereocenters. The third kappa shape index (κ3) is 3.23. The number of nitrogens with one attached hydrogen (secondary N) is 1. The van der Waals surface area contributed by atoms with Crippen molar-refractivity contribution in [3.8, 4) is 0 Å². The van der Waals surface area contributed by atoms with Gasteiger partial charge in [0, 0.05) is 26.2 Å². The molecule has 1 fully saturated rings. The number of carbonyl (C=O) groups excluding carboxylic acids is 1. The van der Waals surface area contributed by atoms with E-state index in [-0.39, 0.29) is 5.91 Å². The van der Waals surface area contributed by atoms with Crippen molar-refractivity contribution in [2.24, 2.45) is 5.73 Å². The van der Waals surface area contributed by atoms with Gasteiger partial charge in [-0.2, -0.15) is 0 Å². The van der Waals surface area contributed by atoms with Gasteiger partial charge in [0.1, 0.15) is 0 Å². The zero-order valence-electron chi connectivity index (χ0n) is 11.8. The number of hydrogen-bond acceptors (Lipinski definition) is 5. The number of para-hydroxylation sites is 1. The molecule has 112 valence electrons. The Hall–Kier alpha value is -1.50. The van der Waals surface area contributed by atoms with Crippen molar-refractivity contribution >= 4 is 27.5 Å². The number of aromatic nitrogens is 1. The molecule has 2 heterocycles. The van der Waals surface area contributed by atoms with Crippen LogP contribution >= 0.6 is 11.3 Å². The smallest absolute Gasteiger partial charge is 0.240 e. The molecule has 1 amide bonds. The second-order valence-corrected chi connectivity index (χ2v) is 6.46. The highest BCUT2D eigenvalue weighted by atomic mass is 32.1. The normalized spacial score (nSPS) is 17.8. The Kier molecular flexibility index (Phi) is 4.19. The molecular weight excluding hydrogens is 286 g/mol. The lowest BCUT2D eigenvalue weighted by molar-refractivity contribution is -0.129. The lowest BCUT2D eigenvalue weighted by atomic mass is 9.90. The number of thiazole rings is 1. The minimum Gasteiger partial charge on any atom is -0.381 e. The van der Waals surface area contributed by atoms with Gasteiger partial charge in [-0.05, 0) is 25.0 Å². The summed E-state index contributed by atoms with van der Waals surface area (Å²) < 4.78 is 6.43. The Balaban J connectivity index is 1.54. The number of nitrogens with two attached hydrogens (primary N) is 1. The number of benzene rings is 1. The van der Waals surface area contributed by atoms with Crippen molar-refractivity contribution in [2.75, 3.05) is 19.8 Å². The standard InChI is InChI=1S/C15H19N3O2S/c16-15(6-9-20-10-7-15)14(19)17-8-5-13-18-11-3-1-2-4-12(11)21-13/h1-4H,5-10,16H2,(H,17,19). The first kappa shape index (κ1) is 14.4. The average Bonchev–Trinajstić information content (AvgIpc) is 2.90. The predicted octanol–water partition coefficient (Wildman–Crippen LogP) is 1.46. The quantitative estimate of drug-likeness (QED) is 0.896. The molecule has 5 nitrogen and oxygen atoms in total. The van der Waals surface area contributed by atoms with Crippen molar-refractivity contribution in [2.45, 2.75) is 24.8 Å². The van der Waals surface area contributed by atoms with Gasteiger partial charge in [-0.3, -0.25) is 4.79 Å². The fraction of sp³-hybridized carbons (Fsp3) is 0.467. The molecule has 0 unspecified atom stereocenters. The summed E-state index contributed by atoms with van der Waals surface area (Å²) >= 11 is 1.67. The Bertz CT molecular complexity index is 602. The van der Waals surface area contributed by atoms with Gasteiger partial charge in [0.05, 0.1) is 20.8 Å². The molecule has 0 radical (unpaired) electrons. The molecule has 1 aliphatic rings. The van der Waals surface area contributed by atoms with E-state index in [9.17, 15) is 4.79 Å². The van der Waals surface area contributed by atoms with E-state index >= 15 is 0 Å². The van der Waals surface area contributed by atoms with Crippen LogP contribution in [0.5, 0.6) is 0 Å². The van der Waals surface area contributed by atoms with Crippen molar-refractivity contribution in [1.29, 1.82) is 0 Å². The van der Waals surface area contributed by atoms with Crippen LogP contribution in [-0.2, 0) is 16.0 Å². The van der Waals surface area contributed by atoms with Crippen LogP contribution < -0.4 is 11.1 Å². The Morgan fingerprint density at radius 1 is 1.38 bits per heavy atom. The molecule has 1 saturated heterocycles. The maximum absolute atomic E-state index is 12.2. The highest BCUT2D eigenvalue weighted by Crippen LogP contribution is 2.22. The van der Waals surface area contributed by atoms with Gasteiger partial charge in [-0.1, -0.05) is 12.1 Å². The fourth-order valence-corrected chi connectivity index (χ4v) is 3.42. The molecule has 1 aromatic heterocycles. The fourth-order valence-electron chi connectivity index (χ4n) is 2.45. The highest BCUT2D eigenvalue weighted by molar-refractivity contribution is 7.18. The van der Waals surface area contributed by atoms with Crippen molar-refractivity contribution < 1.29 is 9.53 Å². The van der Waals surface area contributed by atoms with E-state index in [1.54, 1.807) is 11.3 Å². The Labute approximate surface area is 127 Å². The van der Waals surface area contributed by atoms with Crippen LogP contribution in [0.25, 0.3) is 10.2 Å². The molecule has 0 spiro atoms. The van der Waals surface area contributed by atoms with E-state index in [2.05, 4.69) is 16.4 Å². The first-order chi connectivity index (χ1) is 10.2. The lowest BCUT2D eigenvalue weighted by Gasteiger charge is -2.31. The molecule has 0 bridgehead atoms. The maximum Gasteiger partial charge on any atom is 0.240 e. The van der Waals surface area contributed by atoms with E-state index in [1.807, 2.05) is 18.2 Å². The first-order valence-electron chi connectivity index (χ1n) is 7.17. The summed E-state index contributed by atoms with van der Waals surface area (Å²) in [5.74, 6) is -0.0769. The summed E-state index contributed by atoms with van der Waals surface area (Å²) in [6, 6.07) is 8.06. The van der Waals surface area contributed by atoms with Crippen molar-refractivity contribution in [1.82, 2.24) is 10.3 Å². The zero-order valence-corrected chi connectivity index (χ0v) is 12.6. The van der Waals surface area contributed by atoms with E-state index in [0.717, 1.165) is 16.9 Å². The van der Waals surface area contributed by atoms with E-state index in [0.29, 0.717) is 32.6 Å². The number of ether oxygens (including phenoxy) is 1. The molecule has 3 N–H and O–H groups in total. The predicted molar refractivity (Wildman–Crippen MR) is 83.3 cm³/mol. The van der Waals surface area contributed by atoms with Gasteiger partial charge in [-0.15, -0.1) is 11.3 Å². The molecule has 6 heteroatoms. The summed E-state index contributed by atoms with van der Waals surface area (Å²) in [7, 11) is 0. The molecule has 2 aromatic rings. The van der Waals surface area contributed by atoms with Gasteiger partial charge in [0.15, 0.2) is 0 Å². The molecule has 3 rings (SSSR count). The highest BCUT2D eigenvalue weighted by Gasteiger charge is 2.35. The van der Waals surface area contributed by atoms with Crippen LogP contribution in [0.4, 0.5) is 0 Å². The average molecular weight is 305 g/mol. The third-order valence-corrected chi connectivity index (χ3v) is 4.90. The van der Waals surface area contributed by atoms with Crippen LogP contribution in [0.3, 0.4) is 0 Å². The van der Waals surface area contributed by atoms with E-state index in [4.69, 9.17) is 10.5 Å². The Morgan fingerprint density at radius 2 is 2.14 bits per heavy atom. The number of nitrogens with zero attached hydrogens (tertiary/aromatic N) is 1. The summed E-state index contributed by atoms with van der Waals surface area (Å²) in [6.45, 7) is 1.68. The molecule has 1 aliphatic heterocycles. The number of hydrogen-bond donors (Lipinski definition) is 2. The third-order valence-electron chi connectivity index (χ3n) is 3.80. The second-order valence-electron chi connectivity index (χ2n) is 5.35. The summed E-state index contributed by atoms with van der Waals surface area (Å²) in [5, 5.41) is 3.97. The maximum atomic E-state index is 12.2. The molecule has 0 saturated carbocycles. The number of fused-ring (bicyclic) bond motifs is 1. The SMILES string of the molecule is NC1(C(=O)NCCc2nc3ccccc3s2)CCOCC1. The van der Waals surface area contributed by atoms with Gasteiger partial charge in [-0.25, -0.2) is 4.98 Å². The summed E-state index contributed by atoms with van der Waals surface area (Å²) in [5.41, 5.74) is 6.38. The Morgan fingerprint density at radius 3 is 2.90 bits per heavy atom. The van der Waals surface area contributed by atoms with Gasteiger partial charge >= 0.3 is 0 Å². The molecular formula is C15H19N3O2S. The molecule has 21 heavy (non-hydrogen) atoms. The van der Waals surface area contributed by atoms with Crippen molar-refractivity contribution in [3.63, 3.8) is 0 Å². The van der Waals surface area contributed by atoms with Crippen LogP contribution in [0.2, 0.25) is 0 Å².